The van der Waals surface area contributed by atoms with Crippen LogP contribution in [0.5, 0.6) is 11.5 Å². The number of hydrogen-bond acceptors (Lipinski definition) is 6. The molecular formula is C17H17NO6. The summed E-state index contributed by atoms with van der Waals surface area (Å²) >= 11 is 0. The predicted octanol–water partition coefficient (Wildman–Crippen LogP) is 1.80. The second-order valence-corrected chi connectivity index (χ2v) is 5.20. The topological polar surface area (TPSA) is 87.0 Å². The van der Waals surface area contributed by atoms with Crippen molar-refractivity contribution in [2.24, 2.45) is 0 Å². The molecule has 3 rings (SSSR count). The number of carbonyl (C=O) groups is 2. The molecule has 0 atom stereocenters. The van der Waals surface area contributed by atoms with E-state index in [2.05, 4.69) is 5.32 Å². The standard InChI is InChI=1S/C17H17NO6/c19-16(10-22-17(20)6-4-13-2-1-7-21-13)18-9-12-3-5-14-15(8-12)24-11-23-14/h1-3,5,7-8H,4,6,9-11H2,(H,18,19). The Balaban J connectivity index is 1.35. The van der Waals surface area contributed by atoms with Gasteiger partial charge in [0.05, 0.1) is 12.7 Å². The molecule has 24 heavy (non-hydrogen) atoms. The number of fused-ring (bicyclic) bond motifs is 1. The van der Waals surface area contributed by atoms with Gasteiger partial charge < -0.3 is 23.9 Å². The number of amides is 1. The Morgan fingerprint density at radius 2 is 2.04 bits per heavy atom. The highest BCUT2D eigenvalue weighted by atomic mass is 16.7. The first-order chi connectivity index (χ1) is 11.7. The van der Waals surface area contributed by atoms with Crippen molar-refractivity contribution in [3.05, 3.63) is 47.9 Å². The SMILES string of the molecule is O=C(COC(=O)CCc1ccco1)NCc1ccc2c(c1)OCO2. The molecule has 1 N–H and O–H groups in total. The number of rotatable bonds is 7. The van der Waals surface area contributed by atoms with Crippen LogP contribution in [0.3, 0.4) is 0 Å². The molecule has 1 aromatic heterocycles. The van der Waals surface area contributed by atoms with Crippen LogP contribution in [0.1, 0.15) is 17.7 Å². The summed E-state index contributed by atoms with van der Waals surface area (Å²) in [5, 5.41) is 2.68. The van der Waals surface area contributed by atoms with Crippen LogP contribution in [0, 0.1) is 0 Å². The average Bonchev–Trinajstić information content (AvgIpc) is 3.26. The number of hydrogen-bond donors (Lipinski definition) is 1. The van der Waals surface area contributed by atoms with Crippen molar-refractivity contribution >= 4 is 11.9 Å². The fourth-order valence-corrected chi connectivity index (χ4v) is 2.20. The van der Waals surface area contributed by atoms with Crippen LogP contribution in [0.15, 0.2) is 41.0 Å². The van der Waals surface area contributed by atoms with Crippen LogP contribution in [0.2, 0.25) is 0 Å². The van der Waals surface area contributed by atoms with Crippen molar-refractivity contribution in [3.8, 4) is 11.5 Å². The van der Waals surface area contributed by atoms with E-state index in [0.29, 0.717) is 30.2 Å². The average molecular weight is 331 g/mol. The molecule has 1 amide bonds. The largest absolute Gasteiger partial charge is 0.469 e. The van der Waals surface area contributed by atoms with Gasteiger partial charge in [-0.25, -0.2) is 0 Å². The molecule has 7 heteroatoms. The number of aryl methyl sites for hydroxylation is 1. The second-order valence-electron chi connectivity index (χ2n) is 5.20. The molecule has 2 heterocycles. The first-order valence-corrected chi connectivity index (χ1v) is 7.54. The smallest absolute Gasteiger partial charge is 0.306 e. The van der Waals surface area contributed by atoms with E-state index in [1.165, 1.54) is 0 Å². The third-order valence-corrected chi connectivity index (χ3v) is 3.45. The zero-order valence-corrected chi connectivity index (χ0v) is 12.9. The van der Waals surface area contributed by atoms with Crippen LogP contribution < -0.4 is 14.8 Å². The number of furan rings is 1. The van der Waals surface area contributed by atoms with Gasteiger partial charge in [-0.15, -0.1) is 0 Å². The number of carbonyl (C=O) groups excluding carboxylic acids is 2. The van der Waals surface area contributed by atoms with Gasteiger partial charge in [0, 0.05) is 13.0 Å². The van der Waals surface area contributed by atoms with E-state index in [4.69, 9.17) is 18.6 Å². The summed E-state index contributed by atoms with van der Waals surface area (Å²) in [7, 11) is 0. The summed E-state index contributed by atoms with van der Waals surface area (Å²) in [6.45, 7) is 0.222. The molecule has 7 nitrogen and oxygen atoms in total. The molecule has 0 bridgehead atoms. The first-order valence-electron chi connectivity index (χ1n) is 7.54. The Bertz CT molecular complexity index is 710. The summed E-state index contributed by atoms with van der Waals surface area (Å²) in [5.74, 6) is 1.25. The van der Waals surface area contributed by atoms with Gasteiger partial charge in [0.1, 0.15) is 5.76 Å². The van der Waals surface area contributed by atoms with Crippen LogP contribution in [-0.4, -0.2) is 25.3 Å². The molecule has 0 saturated heterocycles. The minimum Gasteiger partial charge on any atom is -0.469 e. The highest BCUT2D eigenvalue weighted by Gasteiger charge is 2.14. The molecule has 0 fully saturated rings. The molecule has 126 valence electrons. The van der Waals surface area contributed by atoms with Gasteiger partial charge in [-0.3, -0.25) is 9.59 Å². The lowest BCUT2D eigenvalue weighted by Crippen LogP contribution is -2.28. The highest BCUT2D eigenvalue weighted by Crippen LogP contribution is 2.32. The Morgan fingerprint density at radius 3 is 2.88 bits per heavy atom. The van der Waals surface area contributed by atoms with E-state index in [-0.39, 0.29) is 25.7 Å². The van der Waals surface area contributed by atoms with Gasteiger partial charge in [-0.05, 0) is 29.8 Å². The van der Waals surface area contributed by atoms with Crippen LogP contribution in [-0.2, 0) is 27.3 Å². The molecule has 2 aromatic rings. The Kier molecular flexibility index (Phi) is 5.00. The maximum atomic E-state index is 11.7. The minimum atomic E-state index is -0.440. The van der Waals surface area contributed by atoms with E-state index >= 15 is 0 Å². The normalized spacial score (nSPS) is 12.0. The lowest BCUT2D eigenvalue weighted by molar-refractivity contribution is -0.148. The monoisotopic (exact) mass is 331 g/mol. The van der Waals surface area contributed by atoms with Gasteiger partial charge in [0.15, 0.2) is 18.1 Å². The van der Waals surface area contributed by atoms with Gasteiger partial charge in [-0.1, -0.05) is 6.07 Å². The third-order valence-electron chi connectivity index (χ3n) is 3.45. The summed E-state index contributed by atoms with van der Waals surface area (Å²) in [6.07, 6.45) is 2.16. The molecule has 0 radical (unpaired) electrons. The molecule has 0 spiro atoms. The number of ether oxygens (including phenoxy) is 3. The zero-order chi connectivity index (χ0) is 16.8. The van der Waals surface area contributed by atoms with E-state index in [1.54, 1.807) is 30.5 Å². The van der Waals surface area contributed by atoms with Crippen molar-refractivity contribution in [2.75, 3.05) is 13.4 Å². The summed E-state index contributed by atoms with van der Waals surface area (Å²) < 4.78 is 20.5. The summed E-state index contributed by atoms with van der Waals surface area (Å²) in [6, 6.07) is 8.97. The third kappa shape index (κ3) is 4.28. The van der Waals surface area contributed by atoms with Gasteiger partial charge in [0.2, 0.25) is 6.79 Å². The number of nitrogens with one attached hydrogen (secondary N) is 1. The Labute approximate surface area is 138 Å². The summed E-state index contributed by atoms with van der Waals surface area (Å²) in [5.41, 5.74) is 0.872. The molecule has 1 aliphatic rings. The maximum absolute atomic E-state index is 11.7. The molecule has 0 unspecified atom stereocenters. The maximum Gasteiger partial charge on any atom is 0.306 e. The molecular weight excluding hydrogens is 314 g/mol. The van der Waals surface area contributed by atoms with Crippen molar-refractivity contribution in [1.82, 2.24) is 5.32 Å². The van der Waals surface area contributed by atoms with Gasteiger partial charge in [-0.2, -0.15) is 0 Å². The van der Waals surface area contributed by atoms with Crippen molar-refractivity contribution in [1.29, 1.82) is 0 Å². The molecule has 0 saturated carbocycles. The molecule has 1 aliphatic heterocycles. The zero-order valence-electron chi connectivity index (χ0n) is 12.9. The fraction of sp³-hybridized carbons (Fsp3) is 0.294. The molecule has 0 aliphatic carbocycles. The van der Waals surface area contributed by atoms with Gasteiger partial charge in [0.25, 0.3) is 5.91 Å². The van der Waals surface area contributed by atoms with Gasteiger partial charge >= 0.3 is 5.97 Å². The van der Waals surface area contributed by atoms with E-state index in [1.807, 2.05) is 6.07 Å². The quantitative estimate of drug-likeness (QED) is 0.779. The lowest BCUT2D eigenvalue weighted by Gasteiger charge is -2.07. The van der Waals surface area contributed by atoms with Crippen LogP contribution in [0.25, 0.3) is 0 Å². The first kappa shape index (κ1) is 15.9. The minimum absolute atomic E-state index is 0.170. The van der Waals surface area contributed by atoms with E-state index < -0.39 is 5.97 Å². The number of benzene rings is 1. The number of esters is 1. The fourth-order valence-electron chi connectivity index (χ4n) is 2.20. The summed E-state index contributed by atoms with van der Waals surface area (Å²) in [4.78, 5) is 23.3. The Morgan fingerprint density at radius 1 is 1.17 bits per heavy atom. The van der Waals surface area contributed by atoms with Crippen LogP contribution in [0.4, 0.5) is 0 Å². The second kappa shape index (κ2) is 7.54. The van der Waals surface area contributed by atoms with Crippen molar-refractivity contribution in [3.63, 3.8) is 0 Å². The van der Waals surface area contributed by atoms with E-state index in [9.17, 15) is 9.59 Å². The predicted molar refractivity (Wildman–Crippen MR) is 82.4 cm³/mol. The molecule has 1 aromatic carbocycles. The highest BCUT2D eigenvalue weighted by molar-refractivity contribution is 5.80. The van der Waals surface area contributed by atoms with Crippen LogP contribution >= 0.6 is 0 Å². The van der Waals surface area contributed by atoms with Crippen molar-refractivity contribution < 1.29 is 28.2 Å². The van der Waals surface area contributed by atoms with Crippen molar-refractivity contribution in [2.45, 2.75) is 19.4 Å². The Hall–Kier alpha value is -2.96. The lowest BCUT2D eigenvalue weighted by atomic mass is 10.2. The van der Waals surface area contributed by atoms with E-state index in [0.717, 1.165) is 5.56 Å².